The Labute approximate surface area is 164 Å². The SMILES string of the molecule is CC(C)c1ccc(S(=O)(=O)N2CCc3nc(-c4ccccc4)sc3C2)cc1. The Morgan fingerprint density at radius 3 is 2.41 bits per heavy atom. The van der Waals surface area contributed by atoms with Crippen molar-refractivity contribution in [3.8, 4) is 10.6 Å². The summed E-state index contributed by atoms with van der Waals surface area (Å²) in [5.41, 5.74) is 3.25. The molecule has 140 valence electrons. The number of hydrogen-bond donors (Lipinski definition) is 0. The van der Waals surface area contributed by atoms with Crippen LogP contribution in [0.15, 0.2) is 59.5 Å². The van der Waals surface area contributed by atoms with Gasteiger partial charge >= 0.3 is 0 Å². The van der Waals surface area contributed by atoms with E-state index in [9.17, 15) is 8.42 Å². The molecule has 2 heterocycles. The van der Waals surface area contributed by atoms with E-state index in [1.54, 1.807) is 27.8 Å². The summed E-state index contributed by atoms with van der Waals surface area (Å²) in [7, 11) is -3.49. The Bertz CT molecular complexity index is 1040. The van der Waals surface area contributed by atoms with Gasteiger partial charge in [0.15, 0.2) is 0 Å². The Morgan fingerprint density at radius 1 is 1.04 bits per heavy atom. The third-order valence-electron chi connectivity index (χ3n) is 4.90. The van der Waals surface area contributed by atoms with Gasteiger partial charge in [0, 0.05) is 23.4 Å². The maximum absolute atomic E-state index is 13.1. The van der Waals surface area contributed by atoms with E-state index in [0.29, 0.717) is 30.3 Å². The van der Waals surface area contributed by atoms with Gasteiger partial charge in [-0.05, 0) is 23.6 Å². The first kappa shape index (κ1) is 18.3. The minimum Gasteiger partial charge on any atom is -0.241 e. The highest BCUT2D eigenvalue weighted by Crippen LogP contribution is 2.33. The molecule has 0 fully saturated rings. The van der Waals surface area contributed by atoms with E-state index in [4.69, 9.17) is 4.98 Å². The Hall–Kier alpha value is -2.02. The van der Waals surface area contributed by atoms with Crippen LogP contribution in [0, 0.1) is 0 Å². The van der Waals surface area contributed by atoms with Gasteiger partial charge < -0.3 is 0 Å². The van der Waals surface area contributed by atoms with Gasteiger partial charge in [-0.2, -0.15) is 4.31 Å². The first-order valence-electron chi connectivity index (χ1n) is 9.09. The topological polar surface area (TPSA) is 50.3 Å². The number of aromatic nitrogens is 1. The fraction of sp³-hybridized carbons (Fsp3) is 0.286. The number of sulfonamides is 1. The summed E-state index contributed by atoms with van der Waals surface area (Å²) in [5, 5.41) is 0.959. The van der Waals surface area contributed by atoms with Crippen LogP contribution < -0.4 is 0 Å². The molecular weight excluding hydrogens is 376 g/mol. The number of hydrogen-bond acceptors (Lipinski definition) is 4. The van der Waals surface area contributed by atoms with Gasteiger partial charge in [0.2, 0.25) is 10.0 Å². The number of benzene rings is 2. The predicted molar refractivity (Wildman–Crippen MR) is 109 cm³/mol. The molecule has 0 saturated heterocycles. The van der Waals surface area contributed by atoms with Crippen LogP contribution in [0.25, 0.3) is 10.6 Å². The van der Waals surface area contributed by atoms with E-state index in [1.807, 2.05) is 42.5 Å². The number of fused-ring (bicyclic) bond motifs is 1. The van der Waals surface area contributed by atoms with E-state index in [2.05, 4.69) is 13.8 Å². The van der Waals surface area contributed by atoms with Crippen molar-refractivity contribution in [2.45, 2.75) is 37.6 Å². The monoisotopic (exact) mass is 398 g/mol. The predicted octanol–water partition coefficient (Wildman–Crippen LogP) is 4.68. The number of rotatable bonds is 4. The summed E-state index contributed by atoms with van der Waals surface area (Å²) < 4.78 is 27.7. The van der Waals surface area contributed by atoms with E-state index >= 15 is 0 Å². The fourth-order valence-corrected chi connectivity index (χ4v) is 5.87. The molecule has 0 saturated carbocycles. The minimum atomic E-state index is -3.49. The zero-order valence-electron chi connectivity index (χ0n) is 15.4. The van der Waals surface area contributed by atoms with Crippen molar-refractivity contribution >= 4 is 21.4 Å². The molecular formula is C21H22N2O2S2. The third kappa shape index (κ3) is 3.57. The maximum atomic E-state index is 13.1. The van der Waals surface area contributed by atoms with Crippen LogP contribution >= 0.6 is 11.3 Å². The fourth-order valence-electron chi connectivity index (χ4n) is 3.26. The van der Waals surface area contributed by atoms with Gasteiger partial charge in [0.05, 0.1) is 17.1 Å². The lowest BCUT2D eigenvalue weighted by Gasteiger charge is -2.25. The van der Waals surface area contributed by atoms with Crippen molar-refractivity contribution in [3.05, 3.63) is 70.7 Å². The van der Waals surface area contributed by atoms with Crippen LogP contribution in [-0.4, -0.2) is 24.3 Å². The zero-order chi connectivity index (χ0) is 19.0. The quantitative estimate of drug-likeness (QED) is 0.641. The minimum absolute atomic E-state index is 0.364. The highest BCUT2D eigenvalue weighted by Gasteiger charge is 2.30. The Morgan fingerprint density at radius 2 is 1.74 bits per heavy atom. The van der Waals surface area contributed by atoms with E-state index in [1.165, 1.54) is 0 Å². The van der Waals surface area contributed by atoms with Gasteiger partial charge in [-0.3, -0.25) is 0 Å². The number of thiazole rings is 1. The molecule has 0 aliphatic carbocycles. The zero-order valence-corrected chi connectivity index (χ0v) is 17.1. The Balaban J connectivity index is 1.59. The highest BCUT2D eigenvalue weighted by atomic mass is 32.2. The molecule has 27 heavy (non-hydrogen) atoms. The molecule has 0 bridgehead atoms. The molecule has 4 nitrogen and oxygen atoms in total. The second-order valence-corrected chi connectivity index (χ2v) is 10.1. The first-order chi connectivity index (χ1) is 12.9. The third-order valence-corrected chi connectivity index (χ3v) is 7.89. The van der Waals surface area contributed by atoms with Gasteiger partial charge in [-0.25, -0.2) is 13.4 Å². The average molecular weight is 399 g/mol. The molecule has 0 amide bonds. The lowest BCUT2D eigenvalue weighted by Crippen LogP contribution is -2.35. The molecule has 0 N–H and O–H groups in total. The van der Waals surface area contributed by atoms with Crippen molar-refractivity contribution in [2.75, 3.05) is 6.54 Å². The van der Waals surface area contributed by atoms with Crippen molar-refractivity contribution < 1.29 is 8.42 Å². The van der Waals surface area contributed by atoms with Crippen LogP contribution in [0.1, 0.15) is 35.9 Å². The Kier molecular flexibility index (Phi) is 4.88. The maximum Gasteiger partial charge on any atom is 0.243 e. The van der Waals surface area contributed by atoms with Crippen LogP contribution in [0.4, 0.5) is 0 Å². The smallest absolute Gasteiger partial charge is 0.241 e. The van der Waals surface area contributed by atoms with Gasteiger partial charge in [0.1, 0.15) is 5.01 Å². The summed E-state index contributed by atoms with van der Waals surface area (Å²) in [6.45, 7) is 5.07. The molecule has 3 aromatic rings. The summed E-state index contributed by atoms with van der Waals surface area (Å²) in [6, 6.07) is 17.3. The number of nitrogens with zero attached hydrogens (tertiary/aromatic N) is 2. The molecule has 0 unspecified atom stereocenters. The van der Waals surface area contributed by atoms with E-state index in [-0.39, 0.29) is 0 Å². The van der Waals surface area contributed by atoms with Crippen molar-refractivity contribution in [1.82, 2.24) is 9.29 Å². The van der Waals surface area contributed by atoms with Gasteiger partial charge in [0.25, 0.3) is 0 Å². The van der Waals surface area contributed by atoms with Crippen LogP contribution in [0.3, 0.4) is 0 Å². The summed E-state index contributed by atoms with van der Waals surface area (Å²) in [5.74, 6) is 0.382. The van der Waals surface area contributed by atoms with E-state index in [0.717, 1.165) is 26.7 Å². The lowest BCUT2D eigenvalue weighted by molar-refractivity contribution is 0.393. The molecule has 0 radical (unpaired) electrons. The molecule has 1 aromatic heterocycles. The summed E-state index contributed by atoms with van der Waals surface area (Å²) in [6.07, 6.45) is 0.655. The first-order valence-corrected chi connectivity index (χ1v) is 11.3. The molecule has 1 aliphatic rings. The van der Waals surface area contributed by atoms with Crippen molar-refractivity contribution in [1.29, 1.82) is 0 Å². The normalized spacial score (nSPS) is 15.1. The molecule has 0 spiro atoms. The molecule has 2 aromatic carbocycles. The van der Waals surface area contributed by atoms with Crippen LogP contribution in [0.2, 0.25) is 0 Å². The summed E-state index contributed by atoms with van der Waals surface area (Å²) >= 11 is 1.59. The highest BCUT2D eigenvalue weighted by molar-refractivity contribution is 7.89. The summed E-state index contributed by atoms with van der Waals surface area (Å²) in [4.78, 5) is 6.15. The largest absolute Gasteiger partial charge is 0.243 e. The second-order valence-electron chi connectivity index (χ2n) is 7.07. The van der Waals surface area contributed by atoms with Crippen molar-refractivity contribution in [3.63, 3.8) is 0 Å². The van der Waals surface area contributed by atoms with Crippen LogP contribution in [-0.2, 0) is 23.0 Å². The van der Waals surface area contributed by atoms with Crippen molar-refractivity contribution in [2.24, 2.45) is 0 Å². The van der Waals surface area contributed by atoms with Crippen LogP contribution in [0.5, 0.6) is 0 Å². The molecule has 6 heteroatoms. The van der Waals surface area contributed by atoms with Gasteiger partial charge in [-0.15, -0.1) is 11.3 Å². The molecule has 4 rings (SSSR count). The average Bonchev–Trinajstić information content (AvgIpc) is 3.12. The lowest BCUT2D eigenvalue weighted by atomic mass is 10.0. The molecule has 1 aliphatic heterocycles. The van der Waals surface area contributed by atoms with Gasteiger partial charge in [-0.1, -0.05) is 56.3 Å². The standard InChI is InChI=1S/C21H22N2O2S2/c1-15(2)16-8-10-18(11-9-16)27(24,25)23-13-12-19-20(14-23)26-21(22-19)17-6-4-3-5-7-17/h3-11,15H,12-14H2,1-2H3. The second kappa shape index (κ2) is 7.19. The van der Waals surface area contributed by atoms with E-state index < -0.39 is 10.0 Å². The molecule has 0 atom stereocenters.